The largest absolute Gasteiger partial charge is 0.389 e. The van der Waals surface area contributed by atoms with Crippen LogP contribution in [0.3, 0.4) is 0 Å². The third kappa shape index (κ3) is 2.05. The van der Waals surface area contributed by atoms with Crippen LogP contribution in [-0.2, 0) is 4.74 Å². The van der Waals surface area contributed by atoms with Crippen LogP contribution in [0.2, 0.25) is 0 Å². The van der Waals surface area contributed by atoms with Crippen LogP contribution in [0.15, 0.2) is 0 Å². The number of fused-ring (bicyclic) bond motifs is 2. The van der Waals surface area contributed by atoms with E-state index in [1.165, 1.54) is 13.0 Å². The number of aliphatic hydroxyl groups is 1. The van der Waals surface area contributed by atoms with Crippen LogP contribution in [0.25, 0.3) is 0 Å². The lowest BCUT2D eigenvalue weighted by atomic mass is 9.72. The molecule has 2 aliphatic heterocycles. The van der Waals surface area contributed by atoms with Crippen LogP contribution in [-0.4, -0.2) is 49.0 Å². The summed E-state index contributed by atoms with van der Waals surface area (Å²) in [4.78, 5) is 2.47. The number of methoxy groups -OCH3 is 1. The Hall–Kier alpha value is -0.120. The Bertz CT molecular complexity index is 222. The van der Waals surface area contributed by atoms with Crippen molar-refractivity contribution in [3.8, 4) is 0 Å². The van der Waals surface area contributed by atoms with Crippen molar-refractivity contribution in [2.24, 2.45) is 11.8 Å². The van der Waals surface area contributed by atoms with Gasteiger partial charge in [-0.15, -0.1) is 0 Å². The fourth-order valence-electron chi connectivity index (χ4n) is 3.18. The Balaban J connectivity index is 1.98. The van der Waals surface area contributed by atoms with Gasteiger partial charge in [-0.1, -0.05) is 6.92 Å². The minimum atomic E-state index is -0.425. The molecule has 2 fully saturated rings. The molecule has 4 atom stereocenters. The maximum absolute atomic E-state index is 10.8. The Morgan fingerprint density at radius 3 is 3.07 bits per heavy atom. The summed E-state index contributed by atoms with van der Waals surface area (Å²) in [5.74, 6) is 0.862. The molecule has 0 aromatic carbocycles. The molecular formula is C12H23NO2. The van der Waals surface area contributed by atoms with Gasteiger partial charge in [-0.25, -0.2) is 0 Å². The van der Waals surface area contributed by atoms with Crippen LogP contribution in [0, 0.1) is 11.8 Å². The first-order valence-electron chi connectivity index (χ1n) is 6.10. The highest BCUT2D eigenvalue weighted by Crippen LogP contribution is 2.41. The summed E-state index contributed by atoms with van der Waals surface area (Å²) < 4.78 is 5.11. The lowest BCUT2D eigenvalue weighted by Gasteiger charge is -2.43. The smallest absolute Gasteiger partial charge is 0.0726 e. The van der Waals surface area contributed by atoms with Gasteiger partial charge in [0.2, 0.25) is 0 Å². The number of hydrogen-bond acceptors (Lipinski definition) is 3. The molecule has 2 rings (SSSR count). The van der Waals surface area contributed by atoms with Gasteiger partial charge in [0.15, 0.2) is 0 Å². The van der Waals surface area contributed by atoms with Gasteiger partial charge < -0.3 is 14.7 Å². The molecule has 0 spiro atoms. The zero-order chi connectivity index (χ0) is 10.9. The number of piperidine rings is 1. The molecule has 1 N–H and O–H groups in total. The maximum atomic E-state index is 10.8. The first-order chi connectivity index (χ1) is 7.16. The zero-order valence-corrected chi connectivity index (χ0v) is 9.91. The van der Waals surface area contributed by atoms with Crippen molar-refractivity contribution in [3.05, 3.63) is 0 Å². The quantitative estimate of drug-likeness (QED) is 0.759. The topological polar surface area (TPSA) is 32.7 Å². The van der Waals surface area contributed by atoms with Gasteiger partial charge in [0, 0.05) is 32.7 Å². The average Bonchev–Trinajstić information content (AvgIpc) is 2.66. The molecule has 3 nitrogen and oxygen atoms in total. The Morgan fingerprint density at radius 2 is 2.33 bits per heavy atom. The molecule has 0 amide bonds. The zero-order valence-electron chi connectivity index (χ0n) is 9.91. The molecule has 88 valence electrons. The van der Waals surface area contributed by atoms with Crippen LogP contribution in [0.1, 0.15) is 26.2 Å². The highest BCUT2D eigenvalue weighted by Gasteiger charge is 2.47. The van der Waals surface area contributed by atoms with Crippen molar-refractivity contribution in [3.63, 3.8) is 0 Å². The first kappa shape index (κ1) is 11.4. The van der Waals surface area contributed by atoms with Crippen molar-refractivity contribution < 1.29 is 9.84 Å². The summed E-state index contributed by atoms with van der Waals surface area (Å²) in [7, 11) is 1.73. The van der Waals surface area contributed by atoms with Gasteiger partial charge in [-0.3, -0.25) is 0 Å². The van der Waals surface area contributed by atoms with Gasteiger partial charge in [-0.05, 0) is 31.7 Å². The standard InChI is InChI=1S/C12H23NO2/c1-10(4-8-15-2)12(14)5-7-13-6-3-11(12)9-13/h10-11,14H,3-9H2,1-2H3. The lowest BCUT2D eigenvalue weighted by Crippen LogP contribution is -2.50. The highest BCUT2D eigenvalue weighted by atomic mass is 16.5. The minimum absolute atomic E-state index is 0.364. The van der Waals surface area contributed by atoms with E-state index in [9.17, 15) is 5.11 Å². The van der Waals surface area contributed by atoms with Gasteiger partial charge in [0.25, 0.3) is 0 Å². The second-order valence-electron chi connectivity index (χ2n) is 5.21. The van der Waals surface area contributed by atoms with E-state index in [-0.39, 0.29) is 0 Å². The molecule has 2 bridgehead atoms. The van der Waals surface area contributed by atoms with E-state index < -0.39 is 5.60 Å². The molecule has 2 heterocycles. The fourth-order valence-corrected chi connectivity index (χ4v) is 3.18. The van der Waals surface area contributed by atoms with E-state index in [1.54, 1.807) is 7.11 Å². The molecule has 2 aliphatic rings. The molecule has 0 aromatic rings. The maximum Gasteiger partial charge on any atom is 0.0726 e. The van der Waals surface area contributed by atoms with E-state index in [0.717, 1.165) is 32.5 Å². The average molecular weight is 213 g/mol. The number of rotatable bonds is 4. The van der Waals surface area contributed by atoms with Crippen molar-refractivity contribution in [2.45, 2.75) is 31.8 Å². The summed E-state index contributed by atoms with van der Waals surface area (Å²) in [6.45, 7) is 6.30. The van der Waals surface area contributed by atoms with Crippen LogP contribution in [0.4, 0.5) is 0 Å². The van der Waals surface area contributed by atoms with E-state index in [4.69, 9.17) is 4.74 Å². The summed E-state index contributed by atoms with van der Waals surface area (Å²) in [6.07, 6.45) is 3.10. The summed E-state index contributed by atoms with van der Waals surface area (Å²) >= 11 is 0. The summed E-state index contributed by atoms with van der Waals surface area (Å²) in [5.41, 5.74) is -0.425. The minimum Gasteiger partial charge on any atom is -0.389 e. The van der Waals surface area contributed by atoms with Crippen molar-refractivity contribution in [2.75, 3.05) is 33.4 Å². The second kappa shape index (κ2) is 4.40. The van der Waals surface area contributed by atoms with Gasteiger partial charge in [0.1, 0.15) is 0 Å². The SMILES string of the molecule is COCCC(C)C1(O)CCN2CCC1C2. The van der Waals surface area contributed by atoms with Gasteiger partial charge >= 0.3 is 0 Å². The van der Waals surface area contributed by atoms with E-state index in [1.807, 2.05) is 0 Å². The molecule has 0 radical (unpaired) electrons. The van der Waals surface area contributed by atoms with E-state index in [2.05, 4.69) is 11.8 Å². The number of nitrogens with zero attached hydrogens (tertiary/aromatic N) is 1. The molecule has 15 heavy (non-hydrogen) atoms. The van der Waals surface area contributed by atoms with Gasteiger partial charge in [-0.2, -0.15) is 0 Å². The molecule has 3 heteroatoms. The predicted octanol–water partition coefficient (Wildman–Crippen LogP) is 1.12. The van der Waals surface area contributed by atoms with E-state index in [0.29, 0.717) is 11.8 Å². The molecule has 2 saturated heterocycles. The molecule has 0 aromatic heterocycles. The van der Waals surface area contributed by atoms with Crippen molar-refractivity contribution in [1.29, 1.82) is 0 Å². The summed E-state index contributed by atoms with van der Waals surface area (Å²) in [6, 6.07) is 0. The lowest BCUT2D eigenvalue weighted by molar-refractivity contribution is -0.0914. The number of hydrogen-bond donors (Lipinski definition) is 1. The first-order valence-corrected chi connectivity index (χ1v) is 6.10. The molecule has 4 unspecified atom stereocenters. The monoisotopic (exact) mass is 213 g/mol. The van der Waals surface area contributed by atoms with Crippen molar-refractivity contribution >= 4 is 0 Å². The Kier molecular flexibility index (Phi) is 3.33. The number of ether oxygens (including phenoxy) is 1. The second-order valence-corrected chi connectivity index (χ2v) is 5.21. The van der Waals surface area contributed by atoms with E-state index >= 15 is 0 Å². The van der Waals surface area contributed by atoms with Crippen molar-refractivity contribution in [1.82, 2.24) is 4.90 Å². The molecule has 0 aliphatic carbocycles. The normalized spacial score (nSPS) is 41.8. The van der Waals surface area contributed by atoms with Crippen LogP contribution >= 0.6 is 0 Å². The van der Waals surface area contributed by atoms with Crippen LogP contribution in [0.5, 0.6) is 0 Å². The molecule has 0 saturated carbocycles. The third-order valence-corrected chi connectivity index (χ3v) is 4.42. The predicted molar refractivity (Wildman–Crippen MR) is 59.8 cm³/mol. The molecular weight excluding hydrogens is 190 g/mol. The highest BCUT2D eigenvalue weighted by molar-refractivity contribution is 5.00. The third-order valence-electron chi connectivity index (χ3n) is 4.42. The Labute approximate surface area is 92.4 Å². The van der Waals surface area contributed by atoms with Gasteiger partial charge in [0.05, 0.1) is 5.60 Å². The van der Waals surface area contributed by atoms with Crippen LogP contribution < -0.4 is 0 Å². The summed E-state index contributed by atoms with van der Waals surface area (Å²) in [5, 5.41) is 10.8. The fraction of sp³-hybridized carbons (Fsp3) is 1.00. The Morgan fingerprint density at radius 1 is 1.53 bits per heavy atom.